The number of benzene rings is 1. The van der Waals surface area contributed by atoms with Gasteiger partial charge in [0, 0.05) is 49.4 Å². The van der Waals surface area contributed by atoms with E-state index in [1.807, 2.05) is 0 Å². The molecule has 0 aliphatic heterocycles. The molecule has 2 aromatic heterocycles. The Morgan fingerprint density at radius 3 is 2.63 bits per heavy atom. The molecule has 158 valence electrons. The first-order valence-electron chi connectivity index (χ1n) is 9.06. The molecule has 0 aliphatic rings. The maximum Gasteiger partial charge on any atom is 0.279 e. The van der Waals surface area contributed by atoms with Gasteiger partial charge in [-0.05, 0) is 19.4 Å². The van der Waals surface area contributed by atoms with E-state index in [0.29, 0.717) is 12.5 Å². The van der Waals surface area contributed by atoms with Gasteiger partial charge in [-0.1, -0.05) is 6.07 Å². The maximum atomic E-state index is 13.7. The summed E-state index contributed by atoms with van der Waals surface area (Å²) >= 11 is 0. The van der Waals surface area contributed by atoms with Gasteiger partial charge < -0.3 is 24.5 Å². The van der Waals surface area contributed by atoms with Crippen LogP contribution in [0.3, 0.4) is 0 Å². The van der Waals surface area contributed by atoms with Crippen LogP contribution in [0.4, 0.5) is 8.78 Å². The topological polar surface area (TPSA) is 113 Å². The molecule has 1 aromatic carbocycles. The van der Waals surface area contributed by atoms with Crippen molar-refractivity contribution in [1.29, 1.82) is 0 Å². The van der Waals surface area contributed by atoms with E-state index in [9.17, 15) is 28.3 Å². The number of rotatable bonds is 6. The molecule has 1 atom stereocenters. The van der Waals surface area contributed by atoms with Gasteiger partial charge in [0.2, 0.25) is 5.43 Å². The summed E-state index contributed by atoms with van der Waals surface area (Å²) < 4.78 is 29.1. The second-order valence-electron chi connectivity index (χ2n) is 6.77. The summed E-state index contributed by atoms with van der Waals surface area (Å²) in [6.45, 7) is 1.24. The summed E-state index contributed by atoms with van der Waals surface area (Å²) in [7, 11) is 0. The Labute approximate surface area is 168 Å². The third-order valence-electron chi connectivity index (χ3n) is 4.76. The Morgan fingerprint density at radius 2 is 1.97 bits per heavy atom. The standard InChI is InChI=1S/C20H19F2N3O5/c1-11(4-7-26)25-6-5-24-10-14(17(27)18(28)16(24)20(25)30)19(29)23-9-12-2-3-13(21)8-15(12)22/h2-3,5-6,8,10-11,26,28H,4,7,9H2,1H3,(H,23,29). The highest BCUT2D eigenvalue weighted by atomic mass is 19.1. The van der Waals surface area contributed by atoms with E-state index in [4.69, 9.17) is 5.11 Å². The molecular formula is C20H19F2N3O5. The first kappa shape index (κ1) is 21.2. The highest BCUT2D eigenvalue weighted by molar-refractivity contribution is 5.94. The number of aliphatic hydroxyl groups excluding tert-OH is 1. The smallest absolute Gasteiger partial charge is 0.279 e. The molecule has 3 rings (SSSR count). The molecule has 0 radical (unpaired) electrons. The first-order chi connectivity index (χ1) is 14.2. The molecular weight excluding hydrogens is 400 g/mol. The number of amides is 1. The van der Waals surface area contributed by atoms with E-state index in [1.54, 1.807) is 6.92 Å². The van der Waals surface area contributed by atoms with Gasteiger partial charge in [0.15, 0.2) is 11.3 Å². The Morgan fingerprint density at radius 1 is 1.23 bits per heavy atom. The van der Waals surface area contributed by atoms with E-state index in [0.717, 1.165) is 22.7 Å². The number of aromatic hydroxyl groups is 1. The highest BCUT2D eigenvalue weighted by Gasteiger charge is 2.20. The molecule has 1 unspecified atom stereocenters. The summed E-state index contributed by atoms with van der Waals surface area (Å²) in [6, 6.07) is 2.48. The molecule has 0 saturated carbocycles. The largest absolute Gasteiger partial charge is 0.503 e. The summed E-state index contributed by atoms with van der Waals surface area (Å²) in [5.41, 5.74) is -2.47. The molecule has 2 heterocycles. The third kappa shape index (κ3) is 3.94. The van der Waals surface area contributed by atoms with Gasteiger partial charge in [0.25, 0.3) is 11.5 Å². The molecule has 3 N–H and O–H groups in total. The molecule has 0 fully saturated rings. The fraction of sp³-hybridized carbons (Fsp3) is 0.250. The first-order valence-corrected chi connectivity index (χ1v) is 9.06. The normalized spacial score (nSPS) is 12.1. The summed E-state index contributed by atoms with van der Waals surface area (Å²) in [5, 5.41) is 21.7. The molecule has 8 nitrogen and oxygen atoms in total. The van der Waals surface area contributed by atoms with Crippen LogP contribution in [0.25, 0.3) is 5.52 Å². The van der Waals surface area contributed by atoms with Crippen molar-refractivity contribution < 1.29 is 23.8 Å². The van der Waals surface area contributed by atoms with Gasteiger partial charge in [0.1, 0.15) is 17.2 Å². The van der Waals surface area contributed by atoms with Crippen molar-refractivity contribution in [2.45, 2.75) is 25.9 Å². The highest BCUT2D eigenvalue weighted by Crippen LogP contribution is 2.14. The number of fused-ring (bicyclic) bond motifs is 1. The van der Waals surface area contributed by atoms with Crippen molar-refractivity contribution in [2.24, 2.45) is 0 Å². The molecule has 0 saturated heterocycles. The van der Waals surface area contributed by atoms with Gasteiger partial charge >= 0.3 is 0 Å². The van der Waals surface area contributed by atoms with Crippen LogP contribution < -0.4 is 16.3 Å². The fourth-order valence-corrected chi connectivity index (χ4v) is 3.05. The van der Waals surface area contributed by atoms with Crippen molar-refractivity contribution in [3.05, 3.63) is 80.1 Å². The minimum absolute atomic E-state index is 0.00983. The number of carbonyl (C=O) groups excluding carboxylic acids is 1. The zero-order valence-electron chi connectivity index (χ0n) is 15.9. The van der Waals surface area contributed by atoms with E-state index >= 15 is 0 Å². The quantitative estimate of drug-likeness (QED) is 0.558. The lowest BCUT2D eigenvalue weighted by molar-refractivity contribution is 0.0948. The van der Waals surface area contributed by atoms with Crippen LogP contribution in [0.5, 0.6) is 5.75 Å². The molecule has 1 amide bonds. The fourth-order valence-electron chi connectivity index (χ4n) is 3.05. The zero-order valence-corrected chi connectivity index (χ0v) is 15.9. The number of nitrogens with one attached hydrogen (secondary N) is 1. The van der Waals surface area contributed by atoms with Crippen LogP contribution in [0.15, 0.2) is 46.4 Å². The van der Waals surface area contributed by atoms with Crippen LogP contribution >= 0.6 is 0 Å². The number of carbonyl (C=O) groups is 1. The van der Waals surface area contributed by atoms with Gasteiger partial charge in [-0.25, -0.2) is 8.78 Å². The van der Waals surface area contributed by atoms with E-state index in [-0.39, 0.29) is 30.3 Å². The summed E-state index contributed by atoms with van der Waals surface area (Å²) in [5.74, 6) is -3.41. The molecule has 3 aromatic rings. The van der Waals surface area contributed by atoms with Crippen molar-refractivity contribution in [3.8, 4) is 5.75 Å². The van der Waals surface area contributed by atoms with Crippen molar-refractivity contribution in [1.82, 2.24) is 14.3 Å². The van der Waals surface area contributed by atoms with Crippen LogP contribution in [-0.2, 0) is 6.54 Å². The average molecular weight is 419 g/mol. The average Bonchev–Trinajstić information content (AvgIpc) is 2.69. The van der Waals surface area contributed by atoms with Gasteiger partial charge in [-0.2, -0.15) is 0 Å². The van der Waals surface area contributed by atoms with Crippen LogP contribution in [0.1, 0.15) is 35.3 Å². The maximum absolute atomic E-state index is 13.7. The number of aromatic nitrogens is 2. The van der Waals surface area contributed by atoms with Crippen LogP contribution in [0, 0.1) is 11.6 Å². The van der Waals surface area contributed by atoms with Gasteiger partial charge in [-0.15, -0.1) is 0 Å². The predicted molar refractivity (Wildman–Crippen MR) is 104 cm³/mol. The molecule has 0 spiro atoms. The number of nitrogens with zero attached hydrogens (tertiary/aromatic N) is 2. The SMILES string of the molecule is CC(CCO)n1ccn2cc(C(=O)NCc3ccc(F)cc3F)c(=O)c(O)c2c1=O. The third-order valence-corrected chi connectivity index (χ3v) is 4.76. The Hall–Kier alpha value is -3.53. The molecule has 0 aliphatic carbocycles. The predicted octanol–water partition coefficient (Wildman–Crippen LogP) is 1.32. The van der Waals surface area contributed by atoms with Gasteiger partial charge in [0.05, 0.1) is 0 Å². The van der Waals surface area contributed by atoms with Crippen molar-refractivity contribution in [2.75, 3.05) is 6.61 Å². The second-order valence-corrected chi connectivity index (χ2v) is 6.77. The molecule has 30 heavy (non-hydrogen) atoms. The molecule has 10 heteroatoms. The number of halogens is 2. The lowest BCUT2D eigenvalue weighted by Crippen LogP contribution is -2.31. The number of hydrogen-bond acceptors (Lipinski definition) is 5. The number of pyridine rings is 1. The molecule has 0 bridgehead atoms. The van der Waals surface area contributed by atoms with E-state index in [1.165, 1.54) is 17.0 Å². The number of hydrogen-bond donors (Lipinski definition) is 3. The summed E-state index contributed by atoms with van der Waals surface area (Å²) in [6.07, 6.45) is 4.19. The lowest BCUT2D eigenvalue weighted by atomic mass is 10.2. The Bertz CT molecular complexity index is 1240. The number of aliphatic hydroxyl groups is 1. The van der Waals surface area contributed by atoms with E-state index in [2.05, 4.69) is 5.32 Å². The minimum atomic E-state index is -1.06. The van der Waals surface area contributed by atoms with Gasteiger partial charge in [-0.3, -0.25) is 14.4 Å². The lowest BCUT2D eigenvalue weighted by Gasteiger charge is -2.16. The van der Waals surface area contributed by atoms with Crippen molar-refractivity contribution >= 4 is 11.4 Å². The second kappa shape index (κ2) is 8.46. The monoisotopic (exact) mass is 419 g/mol. The minimum Gasteiger partial charge on any atom is -0.503 e. The van der Waals surface area contributed by atoms with Crippen LogP contribution in [-0.4, -0.2) is 31.7 Å². The van der Waals surface area contributed by atoms with E-state index < -0.39 is 39.8 Å². The zero-order chi connectivity index (χ0) is 22.0. The summed E-state index contributed by atoms with van der Waals surface area (Å²) in [4.78, 5) is 37.5. The van der Waals surface area contributed by atoms with Crippen LogP contribution in [0.2, 0.25) is 0 Å². The Kier molecular flexibility index (Phi) is 5.97. The Balaban J connectivity index is 1.96. The van der Waals surface area contributed by atoms with Crippen molar-refractivity contribution in [3.63, 3.8) is 0 Å².